The van der Waals surface area contributed by atoms with E-state index >= 15 is 0 Å². The van der Waals surface area contributed by atoms with Crippen LogP contribution in [0.3, 0.4) is 0 Å². The molecule has 0 bridgehead atoms. The Bertz CT molecular complexity index is 834. The van der Waals surface area contributed by atoms with Gasteiger partial charge in [0, 0.05) is 45.1 Å². The smallest absolute Gasteiger partial charge is 0.290 e. The normalized spacial score (nSPS) is 15.3. The lowest BCUT2D eigenvalue weighted by atomic mass is 10.3. The zero-order chi connectivity index (χ0) is 18.7. The Labute approximate surface area is 152 Å². The molecular formula is C17H25N7O2. The first kappa shape index (κ1) is 18.1. The first-order valence-corrected chi connectivity index (χ1v) is 8.84. The van der Waals surface area contributed by atoms with Gasteiger partial charge in [-0.05, 0) is 20.8 Å². The second kappa shape index (κ2) is 7.69. The number of nitrogens with one attached hydrogen (secondary N) is 2. The number of H-pyrrole nitrogens is 1. The highest BCUT2D eigenvalue weighted by molar-refractivity contribution is 5.93. The number of carbonyl (C=O) groups excluding carboxylic acids is 1. The highest BCUT2D eigenvalue weighted by Gasteiger charge is 2.22. The maximum Gasteiger partial charge on any atom is 0.290 e. The van der Waals surface area contributed by atoms with E-state index in [1.165, 1.54) is 6.20 Å². The van der Waals surface area contributed by atoms with Crippen molar-refractivity contribution in [1.82, 2.24) is 24.6 Å². The largest absolute Gasteiger partial charge is 0.349 e. The second-order valence-electron chi connectivity index (χ2n) is 6.41. The van der Waals surface area contributed by atoms with Gasteiger partial charge in [0.25, 0.3) is 5.56 Å². The maximum absolute atomic E-state index is 12.4. The van der Waals surface area contributed by atoms with Gasteiger partial charge in [-0.25, -0.2) is 4.98 Å². The molecule has 140 valence electrons. The third-order valence-electron chi connectivity index (χ3n) is 4.67. The van der Waals surface area contributed by atoms with Crippen LogP contribution in [0.15, 0.2) is 17.2 Å². The molecule has 1 fully saturated rings. The summed E-state index contributed by atoms with van der Waals surface area (Å²) >= 11 is 0. The molecule has 3 heterocycles. The van der Waals surface area contributed by atoms with Crippen molar-refractivity contribution in [3.05, 3.63) is 34.1 Å². The zero-order valence-electron chi connectivity index (χ0n) is 15.4. The van der Waals surface area contributed by atoms with E-state index < -0.39 is 0 Å². The molecule has 9 nitrogen and oxygen atoms in total. The number of carbonyl (C=O) groups is 1. The molecule has 1 aliphatic rings. The molecule has 9 heteroatoms. The molecule has 26 heavy (non-hydrogen) atoms. The van der Waals surface area contributed by atoms with E-state index in [4.69, 9.17) is 0 Å². The van der Waals surface area contributed by atoms with Crippen molar-refractivity contribution in [2.24, 2.45) is 0 Å². The van der Waals surface area contributed by atoms with Crippen molar-refractivity contribution in [3.63, 3.8) is 0 Å². The molecule has 2 N–H and O–H groups in total. The number of anilines is 2. The highest BCUT2D eigenvalue weighted by atomic mass is 16.2. The van der Waals surface area contributed by atoms with Crippen LogP contribution < -0.4 is 15.8 Å². The van der Waals surface area contributed by atoms with E-state index in [1.54, 1.807) is 6.20 Å². The highest BCUT2D eigenvalue weighted by Crippen LogP contribution is 2.19. The van der Waals surface area contributed by atoms with Crippen molar-refractivity contribution in [1.29, 1.82) is 0 Å². The summed E-state index contributed by atoms with van der Waals surface area (Å²) < 4.78 is 1.88. The molecule has 0 spiro atoms. The van der Waals surface area contributed by atoms with E-state index in [1.807, 2.05) is 30.4 Å². The fraction of sp³-hybridized carbons (Fsp3) is 0.529. The molecule has 1 aliphatic heterocycles. The monoisotopic (exact) mass is 359 g/mol. The van der Waals surface area contributed by atoms with Crippen molar-refractivity contribution in [3.8, 4) is 0 Å². The molecular weight excluding hydrogens is 334 g/mol. The van der Waals surface area contributed by atoms with Gasteiger partial charge in [-0.3, -0.25) is 19.2 Å². The Morgan fingerprint density at radius 3 is 2.62 bits per heavy atom. The number of nitrogens with zero attached hydrogens (tertiary/aromatic N) is 5. The van der Waals surface area contributed by atoms with Crippen LogP contribution in [0.5, 0.6) is 0 Å². The minimum Gasteiger partial charge on any atom is -0.349 e. The van der Waals surface area contributed by atoms with Crippen LogP contribution in [0, 0.1) is 13.8 Å². The Morgan fingerprint density at radius 1 is 1.27 bits per heavy atom. The molecule has 0 atom stereocenters. The number of piperazine rings is 1. The lowest BCUT2D eigenvalue weighted by molar-refractivity contribution is -0.117. The van der Waals surface area contributed by atoms with E-state index in [9.17, 15) is 9.59 Å². The van der Waals surface area contributed by atoms with Crippen LogP contribution >= 0.6 is 0 Å². The van der Waals surface area contributed by atoms with Crippen molar-refractivity contribution in [2.45, 2.75) is 27.3 Å². The van der Waals surface area contributed by atoms with Gasteiger partial charge in [-0.2, -0.15) is 5.10 Å². The average Bonchev–Trinajstić information content (AvgIpc) is 2.90. The summed E-state index contributed by atoms with van der Waals surface area (Å²) in [6.07, 6.45) is 3.11. The summed E-state index contributed by atoms with van der Waals surface area (Å²) in [5.74, 6) is 0.394. The van der Waals surface area contributed by atoms with Gasteiger partial charge < -0.3 is 15.2 Å². The van der Waals surface area contributed by atoms with Gasteiger partial charge in [0.2, 0.25) is 5.91 Å². The molecule has 1 amide bonds. The number of aromatic amines is 1. The summed E-state index contributed by atoms with van der Waals surface area (Å²) in [6, 6.07) is 0. The Morgan fingerprint density at radius 2 is 2.00 bits per heavy atom. The lowest BCUT2D eigenvalue weighted by Gasteiger charge is -2.34. The summed E-state index contributed by atoms with van der Waals surface area (Å²) in [4.78, 5) is 35.1. The minimum atomic E-state index is -0.183. The van der Waals surface area contributed by atoms with Crippen molar-refractivity contribution < 1.29 is 4.79 Å². The van der Waals surface area contributed by atoms with Crippen molar-refractivity contribution >= 4 is 17.4 Å². The van der Waals surface area contributed by atoms with Gasteiger partial charge >= 0.3 is 0 Å². The lowest BCUT2D eigenvalue weighted by Crippen LogP contribution is -2.50. The molecule has 0 saturated carbocycles. The molecule has 0 aliphatic carbocycles. The first-order valence-electron chi connectivity index (χ1n) is 8.84. The van der Waals surface area contributed by atoms with Gasteiger partial charge in [-0.15, -0.1) is 0 Å². The average molecular weight is 359 g/mol. The maximum atomic E-state index is 12.4. The number of hydrogen-bond acceptors (Lipinski definition) is 6. The molecule has 1 saturated heterocycles. The van der Waals surface area contributed by atoms with E-state index in [0.717, 1.165) is 23.6 Å². The Kier molecular flexibility index (Phi) is 5.36. The molecule has 2 aromatic rings. The number of rotatable bonds is 5. The summed E-state index contributed by atoms with van der Waals surface area (Å²) in [5.41, 5.74) is 2.42. The molecule has 0 aromatic carbocycles. The second-order valence-corrected chi connectivity index (χ2v) is 6.41. The Balaban J connectivity index is 1.55. The van der Waals surface area contributed by atoms with E-state index in [0.29, 0.717) is 38.5 Å². The number of hydrogen-bond donors (Lipinski definition) is 2. The predicted octanol–water partition coefficient (Wildman–Crippen LogP) is 0.364. The number of aromatic nitrogens is 4. The third-order valence-corrected chi connectivity index (χ3v) is 4.67. The Hall–Kier alpha value is -2.68. The van der Waals surface area contributed by atoms with Crippen LogP contribution in [0.1, 0.15) is 18.3 Å². The standard InChI is InChI=1S/C17H25N7O2/c1-4-24-13(3)15(12(2)21-24)20-14(25)11-22-7-9-23(10-8-22)16-17(26)19-6-5-18-16/h5-6H,4,7-11H2,1-3H3,(H,19,26)(H,20,25). The summed E-state index contributed by atoms with van der Waals surface area (Å²) in [6.45, 7) is 9.72. The predicted molar refractivity (Wildman–Crippen MR) is 99.5 cm³/mol. The fourth-order valence-electron chi connectivity index (χ4n) is 3.25. The first-order chi connectivity index (χ1) is 12.5. The SMILES string of the molecule is CCn1nc(C)c(NC(=O)CN2CCN(c3ncc[nH]c3=O)CC2)c1C. The summed E-state index contributed by atoms with van der Waals surface area (Å²) in [7, 11) is 0. The van der Waals surface area contributed by atoms with Gasteiger partial charge in [0.15, 0.2) is 5.82 Å². The van der Waals surface area contributed by atoms with Crippen LogP contribution in [0.4, 0.5) is 11.5 Å². The zero-order valence-corrected chi connectivity index (χ0v) is 15.4. The topological polar surface area (TPSA) is 99.2 Å². The summed E-state index contributed by atoms with van der Waals surface area (Å²) in [5, 5.41) is 7.41. The van der Waals surface area contributed by atoms with Crippen LogP contribution in [-0.4, -0.2) is 63.3 Å². The molecule has 2 aromatic heterocycles. The number of amides is 1. The molecule has 0 unspecified atom stereocenters. The minimum absolute atomic E-state index is 0.0454. The van der Waals surface area contributed by atoms with Crippen LogP contribution in [-0.2, 0) is 11.3 Å². The number of aryl methyl sites for hydroxylation is 2. The van der Waals surface area contributed by atoms with Gasteiger partial charge in [-0.1, -0.05) is 0 Å². The quantitative estimate of drug-likeness (QED) is 0.800. The molecule has 0 radical (unpaired) electrons. The third kappa shape index (κ3) is 3.77. The van der Waals surface area contributed by atoms with Crippen molar-refractivity contribution in [2.75, 3.05) is 42.9 Å². The fourth-order valence-corrected chi connectivity index (χ4v) is 3.25. The van der Waals surface area contributed by atoms with Crippen LogP contribution in [0.2, 0.25) is 0 Å². The van der Waals surface area contributed by atoms with E-state index in [-0.39, 0.29) is 11.5 Å². The van der Waals surface area contributed by atoms with Crippen LogP contribution in [0.25, 0.3) is 0 Å². The van der Waals surface area contributed by atoms with Gasteiger partial charge in [0.05, 0.1) is 23.6 Å². The van der Waals surface area contributed by atoms with Gasteiger partial charge in [0.1, 0.15) is 0 Å². The van der Waals surface area contributed by atoms with E-state index in [2.05, 4.69) is 25.3 Å². The molecule has 3 rings (SSSR count).